The number of hydrogen-bond donors (Lipinski definition) is 0. The Balaban J connectivity index is 1.49. The maximum atomic E-state index is 12.8. The van der Waals surface area contributed by atoms with Crippen LogP contribution in [0.15, 0.2) is 29.4 Å². The van der Waals surface area contributed by atoms with Gasteiger partial charge >= 0.3 is 0 Å². The molecule has 8 heteroatoms. The Kier molecular flexibility index (Phi) is 6.17. The molecule has 150 valence electrons. The van der Waals surface area contributed by atoms with E-state index in [4.69, 9.17) is 4.74 Å². The van der Waals surface area contributed by atoms with E-state index in [1.807, 2.05) is 38.6 Å². The lowest BCUT2D eigenvalue weighted by Gasteiger charge is -2.27. The van der Waals surface area contributed by atoms with Crippen molar-refractivity contribution in [2.24, 2.45) is 0 Å². The SMILES string of the molecule is O=C(CSc1nc2ccccc2n1CC(=O)N1CCOCC1)N1CCCCC1. The number of ether oxygens (including phenoxy) is 1. The van der Waals surface area contributed by atoms with Gasteiger partial charge < -0.3 is 19.1 Å². The van der Waals surface area contributed by atoms with E-state index in [0.717, 1.165) is 42.1 Å². The lowest BCUT2D eigenvalue weighted by molar-refractivity contribution is -0.136. The van der Waals surface area contributed by atoms with Crippen LogP contribution in [0.1, 0.15) is 19.3 Å². The van der Waals surface area contributed by atoms with Gasteiger partial charge in [-0.05, 0) is 31.4 Å². The molecule has 4 rings (SSSR count). The highest BCUT2D eigenvalue weighted by Gasteiger charge is 2.22. The molecule has 0 atom stereocenters. The van der Waals surface area contributed by atoms with Crippen LogP contribution >= 0.6 is 11.8 Å². The Morgan fingerprint density at radius 3 is 2.46 bits per heavy atom. The van der Waals surface area contributed by atoms with E-state index in [0.29, 0.717) is 32.1 Å². The first kappa shape index (κ1) is 19.3. The number of imidazole rings is 1. The normalized spacial score (nSPS) is 17.9. The van der Waals surface area contributed by atoms with E-state index >= 15 is 0 Å². The van der Waals surface area contributed by atoms with Crippen LogP contribution in [-0.4, -0.2) is 76.3 Å². The third-order valence-corrected chi connectivity index (χ3v) is 6.27. The molecule has 28 heavy (non-hydrogen) atoms. The minimum Gasteiger partial charge on any atom is -0.378 e. The van der Waals surface area contributed by atoms with Crippen molar-refractivity contribution in [2.75, 3.05) is 45.1 Å². The quantitative estimate of drug-likeness (QED) is 0.716. The lowest BCUT2D eigenvalue weighted by Crippen LogP contribution is -2.42. The van der Waals surface area contributed by atoms with Crippen LogP contribution in [0.2, 0.25) is 0 Å². The summed E-state index contributed by atoms with van der Waals surface area (Å²) in [6.45, 7) is 4.37. The van der Waals surface area contributed by atoms with Gasteiger partial charge in [-0.25, -0.2) is 4.98 Å². The van der Waals surface area contributed by atoms with Gasteiger partial charge in [0.05, 0.1) is 30.0 Å². The number of carbonyl (C=O) groups excluding carboxylic acids is 2. The van der Waals surface area contributed by atoms with E-state index in [-0.39, 0.29) is 18.4 Å². The molecule has 2 aromatic rings. The number of benzene rings is 1. The molecule has 0 unspecified atom stereocenters. The second kappa shape index (κ2) is 8.96. The van der Waals surface area contributed by atoms with Gasteiger partial charge in [0.2, 0.25) is 11.8 Å². The van der Waals surface area contributed by atoms with E-state index in [2.05, 4.69) is 4.98 Å². The summed E-state index contributed by atoms with van der Waals surface area (Å²) < 4.78 is 7.29. The first-order valence-corrected chi connectivity index (χ1v) is 10.9. The Bertz CT molecular complexity index is 841. The number of nitrogens with zero attached hydrogens (tertiary/aromatic N) is 4. The first-order chi connectivity index (χ1) is 13.7. The Morgan fingerprint density at radius 2 is 1.68 bits per heavy atom. The summed E-state index contributed by atoms with van der Waals surface area (Å²) in [5.74, 6) is 0.577. The van der Waals surface area contributed by atoms with Gasteiger partial charge in [-0.1, -0.05) is 23.9 Å². The van der Waals surface area contributed by atoms with Gasteiger partial charge in [0, 0.05) is 26.2 Å². The van der Waals surface area contributed by atoms with Crippen LogP contribution in [0.4, 0.5) is 0 Å². The second-order valence-corrected chi connectivity index (χ2v) is 8.14. The fourth-order valence-corrected chi connectivity index (χ4v) is 4.64. The van der Waals surface area contributed by atoms with Crippen molar-refractivity contribution in [3.63, 3.8) is 0 Å². The van der Waals surface area contributed by atoms with E-state index in [1.165, 1.54) is 18.2 Å². The van der Waals surface area contributed by atoms with Crippen molar-refractivity contribution in [1.82, 2.24) is 19.4 Å². The molecule has 2 aliphatic heterocycles. The van der Waals surface area contributed by atoms with Crippen molar-refractivity contribution < 1.29 is 14.3 Å². The van der Waals surface area contributed by atoms with Crippen molar-refractivity contribution in [3.05, 3.63) is 24.3 Å². The molecule has 0 saturated carbocycles. The number of carbonyl (C=O) groups is 2. The summed E-state index contributed by atoms with van der Waals surface area (Å²) in [4.78, 5) is 33.8. The third kappa shape index (κ3) is 4.33. The number of hydrogen-bond acceptors (Lipinski definition) is 5. The number of aromatic nitrogens is 2. The molecular formula is C20H26N4O3S. The summed E-state index contributed by atoms with van der Waals surface area (Å²) in [5.41, 5.74) is 1.78. The number of thioether (sulfide) groups is 1. The number of morpholine rings is 1. The zero-order chi connectivity index (χ0) is 19.3. The molecule has 0 N–H and O–H groups in total. The zero-order valence-corrected chi connectivity index (χ0v) is 16.8. The summed E-state index contributed by atoms with van der Waals surface area (Å²) in [5, 5.41) is 0.730. The molecule has 2 aliphatic rings. The predicted octanol–water partition coefficient (Wildman–Crippen LogP) is 2.00. The van der Waals surface area contributed by atoms with Crippen molar-refractivity contribution in [2.45, 2.75) is 31.0 Å². The van der Waals surface area contributed by atoms with Crippen molar-refractivity contribution in [3.8, 4) is 0 Å². The third-order valence-electron chi connectivity index (χ3n) is 5.31. The molecule has 1 aromatic heterocycles. The molecule has 2 amide bonds. The molecule has 0 aliphatic carbocycles. The maximum Gasteiger partial charge on any atom is 0.242 e. The number of piperidine rings is 1. The largest absolute Gasteiger partial charge is 0.378 e. The number of fused-ring (bicyclic) bond motifs is 1. The van der Waals surface area contributed by atoms with Gasteiger partial charge in [0.1, 0.15) is 6.54 Å². The van der Waals surface area contributed by atoms with Gasteiger partial charge in [0.25, 0.3) is 0 Å². The molecule has 2 fully saturated rings. The van der Waals surface area contributed by atoms with E-state index in [1.54, 1.807) is 0 Å². The highest BCUT2D eigenvalue weighted by Crippen LogP contribution is 2.25. The molecule has 2 saturated heterocycles. The van der Waals surface area contributed by atoms with Crippen LogP contribution in [0.3, 0.4) is 0 Å². The molecule has 0 radical (unpaired) electrons. The smallest absolute Gasteiger partial charge is 0.242 e. The first-order valence-electron chi connectivity index (χ1n) is 9.94. The zero-order valence-electron chi connectivity index (χ0n) is 16.0. The summed E-state index contributed by atoms with van der Waals surface area (Å²) in [7, 11) is 0. The van der Waals surface area contributed by atoms with Crippen LogP contribution in [0, 0.1) is 0 Å². The van der Waals surface area contributed by atoms with E-state index in [9.17, 15) is 9.59 Å². The topological polar surface area (TPSA) is 67.7 Å². The number of rotatable bonds is 5. The fourth-order valence-electron chi connectivity index (χ4n) is 3.73. The summed E-state index contributed by atoms with van der Waals surface area (Å²) in [6.07, 6.45) is 3.38. The fraction of sp³-hybridized carbons (Fsp3) is 0.550. The highest BCUT2D eigenvalue weighted by molar-refractivity contribution is 7.99. The number of likely N-dealkylation sites (tertiary alicyclic amines) is 1. The lowest BCUT2D eigenvalue weighted by atomic mass is 10.1. The molecule has 0 spiro atoms. The van der Waals surface area contributed by atoms with Gasteiger partial charge in [-0.3, -0.25) is 9.59 Å². The summed E-state index contributed by atoms with van der Waals surface area (Å²) >= 11 is 1.43. The molecule has 1 aromatic carbocycles. The van der Waals surface area contributed by atoms with Gasteiger partial charge in [-0.15, -0.1) is 0 Å². The van der Waals surface area contributed by atoms with Crippen LogP contribution in [0.5, 0.6) is 0 Å². The van der Waals surface area contributed by atoms with Crippen LogP contribution < -0.4 is 0 Å². The number of amides is 2. The molecular weight excluding hydrogens is 376 g/mol. The standard InChI is InChI=1S/C20H26N4O3S/c25-18(23-10-12-27-13-11-23)14-24-17-7-3-2-6-16(17)21-20(24)28-15-19(26)22-8-4-1-5-9-22/h2-3,6-7H,1,4-5,8-15H2. The van der Waals surface area contributed by atoms with Crippen LogP contribution in [-0.2, 0) is 20.9 Å². The Hall–Kier alpha value is -2.06. The molecule has 3 heterocycles. The highest BCUT2D eigenvalue weighted by atomic mass is 32.2. The van der Waals surface area contributed by atoms with Crippen LogP contribution in [0.25, 0.3) is 11.0 Å². The minimum atomic E-state index is 0.0654. The second-order valence-electron chi connectivity index (χ2n) is 7.19. The Morgan fingerprint density at radius 1 is 0.964 bits per heavy atom. The Labute approximate surface area is 169 Å². The number of para-hydroxylation sites is 2. The molecule has 0 bridgehead atoms. The summed E-state index contributed by atoms with van der Waals surface area (Å²) in [6, 6.07) is 7.82. The average molecular weight is 403 g/mol. The van der Waals surface area contributed by atoms with Gasteiger partial charge in [0.15, 0.2) is 5.16 Å². The van der Waals surface area contributed by atoms with Crippen molar-refractivity contribution in [1.29, 1.82) is 0 Å². The average Bonchev–Trinajstić information content (AvgIpc) is 3.10. The van der Waals surface area contributed by atoms with Gasteiger partial charge in [-0.2, -0.15) is 0 Å². The monoisotopic (exact) mass is 402 g/mol. The molecule has 7 nitrogen and oxygen atoms in total. The minimum absolute atomic E-state index is 0.0654. The maximum absolute atomic E-state index is 12.8. The predicted molar refractivity (Wildman–Crippen MR) is 108 cm³/mol. The van der Waals surface area contributed by atoms with E-state index < -0.39 is 0 Å². The van der Waals surface area contributed by atoms with Crippen molar-refractivity contribution >= 4 is 34.6 Å².